The van der Waals surface area contributed by atoms with Gasteiger partial charge in [-0.15, -0.1) is 0 Å². The van der Waals surface area contributed by atoms with Crippen molar-refractivity contribution >= 4 is 5.78 Å². The van der Waals surface area contributed by atoms with Gasteiger partial charge in [0.2, 0.25) is 0 Å². The van der Waals surface area contributed by atoms with E-state index in [1.54, 1.807) is 25.1 Å². The molecule has 1 aromatic carbocycles. The minimum atomic E-state index is -0.544. The van der Waals surface area contributed by atoms with Crippen molar-refractivity contribution in [1.82, 2.24) is 0 Å². The highest BCUT2D eigenvalue weighted by molar-refractivity contribution is 5.94. The van der Waals surface area contributed by atoms with Gasteiger partial charge in [0.15, 0.2) is 17.3 Å². The van der Waals surface area contributed by atoms with Gasteiger partial charge >= 0.3 is 0 Å². The largest absolute Gasteiger partial charge is 0.493 e. The molecule has 4 heteroatoms. The second kappa shape index (κ2) is 5.51. The normalized spacial score (nSPS) is 12.0. The molecule has 0 fully saturated rings. The number of benzene rings is 1. The standard InChI is InChI=1S/C12H16O4/c1-8(13)7-16-11-5-4-10(9(2)14)6-12(11)15-3/h4-6,8,13H,7H2,1-3H3. The first-order valence-corrected chi connectivity index (χ1v) is 5.04. The molecule has 0 aliphatic rings. The lowest BCUT2D eigenvalue weighted by atomic mass is 10.1. The number of carbonyl (C=O) groups excluding carboxylic acids is 1. The molecule has 16 heavy (non-hydrogen) atoms. The molecule has 1 rings (SSSR count). The molecule has 0 saturated carbocycles. The Kier molecular flexibility index (Phi) is 4.31. The van der Waals surface area contributed by atoms with E-state index in [0.717, 1.165) is 0 Å². The van der Waals surface area contributed by atoms with Gasteiger partial charge in [-0.1, -0.05) is 0 Å². The van der Waals surface area contributed by atoms with Crippen LogP contribution in [0.15, 0.2) is 18.2 Å². The van der Waals surface area contributed by atoms with Crippen LogP contribution in [0.4, 0.5) is 0 Å². The van der Waals surface area contributed by atoms with Crippen LogP contribution in [0.25, 0.3) is 0 Å². The molecule has 0 aromatic heterocycles. The third-order valence-corrected chi connectivity index (χ3v) is 2.05. The maximum Gasteiger partial charge on any atom is 0.161 e. The molecule has 0 heterocycles. The summed E-state index contributed by atoms with van der Waals surface area (Å²) in [5.74, 6) is 0.988. The van der Waals surface area contributed by atoms with E-state index in [-0.39, 0.29) is 12.4 Å². The maximum atomic E-state index is 11.2. The molecule has 1 aromatic rings. The molecule has 4 nitrogen and oxygen atoms in total. The Morgan fingerprint density at radius 3 is 2.62 bits per heavy atom. The minimum Gasteiger partial charge on any atom is -0.493 e. The summed E-state index contributed by atoms with van der Waals surface area (Å²) >= 11 is 0. The van der Waals surface area contributed by atoms with Crippen molar-refractivity contribution in [1.29, 1.82) is 0 Å². The van der Waals surface area contributed by atoms with E-state index in [9.17, 15) is 4.79 Å². The van der Waals surface area contributed by atoms with E-state index in [2.05, 4.69) is 0 Å². The first-order chi connectivity index (χ1) is 7.54. The van der Waals surface area contributed by atoms with Crippen LogP contribution in [0.2, 0.25) is 0 Å². The van der Waals surface area contributed by atoms with Crippen molar-refractivity contribution in [2.45, 2.75) is 20.0 Å². The summed E-state index contributed by atoms with van der Waals surface area (Å²) in [5, 5.41) is 9.10. The highest BCUT2D eigenvalue weighted by Crippen LogP contribution is 2.28. The van der Waals surface area contributed by atoms with Gasteiger partial charge in [-0.25, -0.2) is 0 Å². The first-order valence-electron chi connectivity index (χ1n) is 5.04. The van der Waals surface area contributed by atoms with Crippen LogP contribution in [0.5, 0.6) is 11.5 Å². The molecule has 1 atom stereocenters. The monoisotopic (exact) mass is 224 g/mol. The fourth-order valence-electron chi connectivity index (χ4n) is 1.22. The van der Waals surface area contributed by atoms with Crippen LogP contribution in [0.3, 0.4) is 0 Å². The van der Waals surface area contributed by atoms with Crippen molar-refractivity contribution in [2.75, 3.05) is 13.7 Å². The van der Waals surface area contributed by atoms with Gasteiger partial charge in [0.05, 0.1) is 13.2 Å². The van der Waals surface area contributed by atoms with Gasteiger partial charge in [-0.2, -0.15) is 0 Å². The van der Waals surface area contributed by atoms with Crippen LogP contribution in [0.1, 0.15) is 24.2 Å². The van der Waals surface area contributed by atoms with Crippen LogP contribution in [-0.4, -0.2) is 30.7 Å². The molecule has 0 saturated heterocycles. The second-order valence-electron chi connectivity index (χ2n) is 3.58. The molecule has 88 valence electrons. The Labute approximate surface area is 94.8 Å². The second-order valence-corrected chi connectivity index (χ2v) is 3.58. The summed E-state index contributed by atoms with van der Waals surface area (Å²) in [6.07, 6.45) is -0.544. The number of hydrogen-bond donors (Lipinski definition) is 1. The third kappa shape index (κ3) is 3.24. The molecule has 1 N–H and O–H groups in total. The Morgan fingerprint density at radius 1 is 1.44 bits per heavy atom. The van der Waals surface area contributed by atoms with Crippen molar-refractivity contribution in [3.05, 3.63) is 23.8 Å². The predicted octanol–water partition coefficient (Wildman–Crippen LogP) is 1.66. The van der Waals surface area contributed by atoms with Gasteiger partial charge in [0.1, 0.15) is 6.61 Å². The van der Waals surface area contributed by atoms with E-state index >= 15 is 0 Å². The van der Waals surface area contributed by atoms with Crippen molar-refractivity contribution in [3.8, 4) is 11.5 Å². The number of ketones is 1. The number of Topliss-reactive ketones (excluding diaryl/α,β-unsaturated/α-hetero) is 1. The molecular weight excluding hydrogens is 208 g/mol. The fraction of sp³-hybridized carbons (Fsp3) is 0.417. The quantitative estimate of drug-likeness (QED) is 0.773. The summed E-state index contributed by atoms with van der Waals surface area (Å²) < 4.78 is 10.4. The summed E-state index contributed by atoms with van der Waals surface area (Å²) in [4.78, 5) is 11.2. The number of ether oxygens (including phenoxy) is 2. The number of aliphatic hydroxyl groups is 1. The fourth-order valence-corrected chi connectivity index (χ4v) is 1.22. The van der Waals surface area contributed by atoms with E-state index in [4.69, 9.17) is 14.6 Å². The van der Waals surface area contributed by atoms with E-state index in [0.29, 0.717) is 17.1 Å². The van der Waals surface area contributed by atoms with E-state index < -0.39 is 6.10 Å². The zero-order chi connectivity index (χ0) is 12.1. The zero-order valence-electron chi connectivity index (χ0n) is 9.69. The average molecular weight is 224 g/mol. The first kappa shape index (κ1) is 12.5. The summed E-state index contributed by atoms with van der Waals surface area (Å²) in [6, 6.07) is 4.96. The van der Waals surface area contributed by atoms with E-state index in [1.165, 1.54) is 14.0 Å². The van der Waals surface area contributed by atoms with Crippen LogP contribution in [0, 0.1) is 0 Å². The lowest BCUT2D eigenvalue weighted by molar-refractivity contribution is 0.101. The average Bonchev–Trinajstić information content (AvgIpc) is 2.25. The van der Waals surface area contributed by atoms with Crippen molar-refractivity contribution < 1.29 is 19.4 Å². The molecule has 0 aliphatic heterocycles. The highest BCUT2D eigenvalue weighted by atomic mass is 16.5. The summed E-state index contributed by atoms with van der Waals surface area (Å²) in [7, 11) is 1.51. The van der Waals surface area contributed by atoms with Crippen LogP contribution < -0.4 is 9.47 Å². The lowest BCUT2D eigenvalue weighted by Crippen LogP contribution is -2.13. The number of aliphatic hydroxyl groups excluding tert-OH is 1. The Bertz CT molecular complexity index is 371. The molecule has 0 spiro atoms. The lowest BCUT2D eigenvalue weighted by Gasteiger charge is -2.12. The van der Waals surface area contributed by atoms with Gasteiger partial charge in [-0.05, 0) is 32.0 Å². The topological polar surface area (TPSA) is 55.8 Å². The third-order valence-electron chi connectivity index (χ3n) is 2.05. The van der Waals surface area contributed by atoms with Gasteiger partial charge in [0.25, 0.3) is 0 Å². The Balaban J connectivity index is 2.89. The smallest absolute Gasteiger partial charge is 0.161 e. The number of hydrogen-bond acceptors (Lipinski definition) is 4. The SMILES string of the molecule is COc1cc(C(C)=O)ccc1OCC(C)O. The van der Waals surface area contributed by atoms with Gasteiger partial charge in [-0.3, -0.25) is 4.79 Å². The van der Waals surface area contributed by atoms with Gasteiger partial charge < -0.3 is 14.6 Å². The highest BCUT2D eigenvalue weighted by Gasteiger charge is 2.08. The number of methoxy groups -OCH3 is 1. The van der Waals surface area contributed by atoms with E-state index in [1.807, 2.05) is 0 Å². The Morgan fingerprint density at radius 2 is 2.12 bits per heavy atom. The number of carbonyl (C=O) groups is 1. The maximum absolute atomic E-state index is 11.2. The van der Waals surface area contributed by atoms with Gasteiger partial charge in [0, 0.05) is 5.56 Å². The Hall–Kier alpha value is -1.55. The van der Waals surface area contributed by atoms with Crippen LogP contribution >= 0.6 is 0 Å². The van der Waals surface area contributed by atoms with Crippen molar-refractivity contribution in [3.63, 3.8) is 0 Å². The molecule has 1 unspecified atom stereocenters. The molecule has 0 aliphatic carbocycles. The molecule has 0 amide bonds. The summed E-state index contributed by atoms with van der Waals surface area (Å²) in [6.45, 7) is 3.32. The van der Waals surface area contributed by atoms with Crippen LogP contribution in [-0.2, 0) is 0 Å². The summed E-state index contributed by atoms with van der Waals surface area (Å²) in [5.41, 5.74) is 0.571. The minimum absolute atomic E-state index is 0.0274. The molecule has 0 bridgehead atoms. The predicted molar refractivity (Wildman–Crippen MR) is 60.2 cm³/mol. The van der Waals surface area contributed by atoms with Crippen molar-refractivity contribution in [2.24, 2.45) is 0 Å². The molecular formula is C12H16O4. The molecule has 0 radical (unpaired) electrons. The zero-order valence-corrected chi connectivity index (χ0v) is 9.69. The number of rotatable bonds is 5.